The summed E-state index contributed by atoms with van der Waals surface area (Å²) in [5.41, 5.74) is 2.81. The van der Waals surface area contributed by atoms with Crippen molar-refractivity contribution >= 4 is 43.4 Å². The monoisotopic (exact) mass is 408 g/mol. The lowest BCUT2D eigenvalue weighted by atomic mass is 10.1. The average molecular weight is 409 g/mol. The molecule has 5 aromatic rings. The van der Waals surface area contributed by atoms with E-state index in [0.717, 1.165) is 32.5 Å². The number of aromatic nitrogens is 1. The van der Waals surface area contributed by atoms with E-state index in [2.05, 4.69) is 18.2 Å². The Balaban J connectivity index is 1.52. The van der Waals surface area contributed by atoms with Gasteiger partial charge in [0.15, 0.2) is 5.13 Å². The molecule has 0 atom stereocenters. The van der Waals surface area contributed by atoms with E-state index in [9.17, 15) is 4.79 Å². The van der Waals surface area contributed by atoms with E-state index >= 15 is 0 Å². The summed E-state index contributed by atoms with van der Waals surface area (Å²) in [5.74, 6) is -0.0178. The van der Waals surface area contributed by atoms with Crippen molar-refractivity contribution in [1.29, 1.82) is 0 Å². The van der Waals surface area contributed by atoms with E-state index in [1.165, 1.54) is 5.56 Å². The molecule has 0 N–H and O–H groups in total. The Hall–Kier alpha value is -3.50. The average Bonchev–Trinajstić information content (AvgIpc) is 3.23. The van der Waals surface area contributed by atoms with Crippen LogP contribution in [0.2, 0.25) is 0 Å². The fraction of sp³-hybridized carbons (Fsp3) is 0.0769. The highest BCUT2D eigenvalue weighted by Gasteiger charge is 2.21. The first kappa shape index (κ1) is 18.5. The van der Waals surface area contributed by atoms with Gasteiger partial charge in [0.2, 0.25) is 0 Å². The lowest BCUT2D eigenvalue weighted by molar-refractivity contribution is 0.0987. The maximum absolute atomic E-state index is 13.6. The molecule has 1 heterocycles. The number of amides is 1. The quantitative estimate of drug-likeness (QED) is 0.340. The molecule has 0 unspecified atom stereocenters. The summed E-state index contributed by atoms with van der Waals surface area (Å²) in [6, 6.07) is 32.3. The Morgan fingerprint density at radius 1 is 0.800 bits per heavy atom. The summed E-state index contributed by atoms with van der Waals surface area (Å²) in [4.78, 5) is 20.2. The van der Waals surface area contributed by atoms with E-state index in [4.69, 9.17) is 4.98 Å². The molecule has 30 heavy (non-hydrogen) atoms. The summed E-state index contributed by atoms with van der Waals surface area (Å²) in [6.45, 7) is 0.579. The first-order chi connectivity index (χ1) is 14.8. The third-order valence-corrected chi connectivity index (χ3v) is 6.28. The van der Waals surface area contributed by atoms with Crippen molar-refractivity contribution in [2.45, 2.75) is 6.42 Å². The van der Waals surface area contributed by atoms with Crippen LogP contribution in [0.5, 0.6) is 0 Å². The molecule has 0 saturated carbocycles. The number of nitrogens with zero attached hydrogens (tertiary/aromatic N) is 2. The number of anilines is 1. The summed E-state index contributed by atoms with van der Waals surface area (Å²) < 4.78 is 1.09. The van der Waals surface area contributed by atoms with Crippen LogP contribution in [0.25, 0.3) is 21.0 Å². The number of benzene rings is 4. The number of para-hydroxylation sites is 1. The van der Waals surface area contributed by atoms with Crippen molar-refractivity contribution in [3.63, 3.8) is 0 Å². The van der Waals surface area contributed by atoms with Gasteiger partial charge in [0.05, 0.1) is 10.2 Å². The largest absolute Gasteiger partial charge is 0.284 e. The van der Waals surface area contributed by atoms with Crippen molar-refractivity contribution in [3.8, 4) is 0 Å². The fourth-order valence-corrected chi connectivity index (χ4v) is 4.61. The van der Waals surface area contributed by atoms with Gasteiger partial charge in [-0.3, -0.25) is 9.69 Å². The minimum atomic E-state index is -0.0178. The van der Waals surface area contributed by atoms with E-state index < -0.39 is 0 Å². The number of thiazole rings is 1. The van der Waals surface area contributed by atoms with Crippen molar-refractivity contribution in [2.24, 2.45) is 0 Å². The van der Waals surface area contributed by atoms with Gasteiger partial charge in [-0.15, -0.1) is 0 Å². The molecule has 146 valence electrons. The van der Waals surface area contributed by atoms with Crippen LogP contribution in [0.3, 0.4) is 0 Å². The molecule has 0 aliphatic carbocycles. The zero-order valence-electron chi connectivity index (χ0n) is 16.4. The molecule has 0 spiro atoms. The Bertz CT molecular complexity index is 1290. The second-order valence-electron chi connectivity index (χ2n) is 7.22. The number of hydrogen-bond acceptors (Lipinski definition) is 3. The highest BCUT2D eigenvalue weighted by Crippen LogP contribution is 2.30. The molecule has 4 heteroatoms. The van der Waals surface area contributed by atoms with Gasteiger partial charge in [-0.05, 0) is 47.0 Å². The third kappa shape index (κ3) is 3.70. The van der Waals surface area contributed by atoms with Gasteiger partial charge in [-0.2, -0.15) is 0 Å². The second-order valence-corrected chi connectivity index (χ2v) is 8.23. The molecule has 3 nitrogen and oxygen atoms in total. The van der Waals surface area contributed by atoms with E-state index in [1.807, 2.05) is 83.8 Å². The fourth-order valence-electron chi connectivity index (χ4n) is 3.62. The summed E-state index contributed by atoms with van der Waals surface area (Å²) in [7, 11) is 0. The highest BCUT2D eigenvalue weighted by molar-refractivity contribution is 7.22. The van der Waals surface area contributed by atoms with Crippen LogP contribution in [0, 0.1) is 0 Å². The zero-order chi connectivity index (χ0) is 20.3. The van der Waals surface area contributed by atoms with Gasteiger partial charge in [-0.1, -0.05) is 84.1 Å². The number of fused-ring (bicyclic) bond motifs is 2. The van der Waals surface area contributed by atoms with Crippen LogP contribution in [0.4, 0.5) is 5.13 Å². The van der Waals surface area contributed by atoms with Crippen LogP contribution in [0.15, 0.2) is 97.1 Å². The van der Waals surface area contributed by atoms with Crippen LogP contribution in [-0.2, 0) is 6.42 Å². The van der Waals surface area contributed by atoms with Crippen molar-refractivity contribution in [2.75, 3.05) is 11.4 Å². The molecule has 1 amide bonds. The van der Waals surface area contributed by atoms with E-state index in [0.29, 0.717) is 12.1 Å². The predicted molar refractivity (Wildman–Crippen MR) is 125 cm³/mol. The summed E-state index contributed by atoms with van der Waals surface area (Å²) >= 11 is 1.56. The molecule has 0 aliphatic rings. The van der Waals surface area contributed by atoms with Crippen LogP contribution >= 0.6 is 11.3 Å². The molecule has 5 rings (SSSR count). The number of rotatable bonds is 5. The minimum absolute atomic E-state index is 0.0178. The maximum atomic E-state index is 13.6. The molecule has 0 aliphatic heterocycles. The number of hydrogen-bond donors (Lipinski definition) is 0. The summed E-state index contributed by atoms with van der Waals surface area (Å²) in [6.07, 6.45) is 0.774. The number of carbonyl (C=O) groups excluding carboxylic acids is 1. The predicted octanol–water partition coefficient (Wildman–Crippen LogP) is 6.34. The SMILES string of the molecule is O=C(c1ccc2ccccc2c1)N(CCc1ccccc1)c1nc2ccccc2s1. The van der Waals surface area contributed by atoms with Gasteiger partial charge in [0.1, 0.15) is 0 Å². The van der Waals surface area contributed by atoms with Crippen molar-refractivity contribution in [3.05, 3.63) is 108 Å². The second kappa shape index (κ2) is 8.09. The Labute approximate surface area is 179 Å². The van der Waals surface area contributed by atoms with E-state index in [1.54, 1.807) is 11.3 Å². The molecular weight excluding hydrogens is 388 g/mol. The molecule has 0 bridgehead atoms. The van der Waals surface area contributed by atoms with Gasteiger partial charge in [0.25, 0.3) is 5.91 Å². The minimum Gasteiger partial charge on any atom is -0.284 e. The van der Waals surface area contributed by atoms with Crippen molar-refractivity contribution < 1.29 is 4.79 Å². The van der Waals surface area contributed by atoms with Gasteiger partial charge in [0, 0.05) is 12.1 Å². The molecule has 0 saturated heterocycles. The Morgan fingerprint density at radius 2 is 1.53 bits per heavy atom. The topological polar surface area (TPSA) is 33.2 Å². The van der Waals surface area contributed by atoms with Gasteiger partial charge >= 0.3 is 0 Å². The maximum Gasteiger partial charge on any atom is 0.260 e. The third-order valence-electron chi connectivity index (χ3n) is 5.22. The van der Waals surface area contributed by atoms with Gasteiger partial charge < -0.3 is 0 Å². The van der Waals surface area contributed by atoms with Crippen LogP contribution < -0.4 is 4.90 Å². The molecule has 0 fully saturated rings. The Morgan fingerprint density at radius 3 is 2.37 bits per heavy atom. The van der Waals surface area contributed by atoms with Gasteiger partial charge in [-0.25, -0.2) is 4.98 Å². The first-order valence-corrected chi connectivity index (χ1v) is 10.8. The number of carbonyl (C=O) groups is 1. The standard InChI is InChI=1S/C26H20N2OS/c29-25(22-15-14-20-10-4-5-11-21(20)18-22)28(17-16-19-8-2-1-3-9-19)26-27-23-12-6-7-13-24(23)30-26/h1-15,18H,16-17H2. The van der Waals surface area contributed by atoms with E-state index in [-0.39, 0.29) is 5.91 Å². The molecule has 1 aromatic heterocycles. The Kier molecular flexibility index (Phi) is 4.99. The molecule has 4 aromatic carbocycles. The highest BCUT2D eigenvalue weighted by atomic mass is 32.1. The van der Waals surface area contributed by atoms with Crippen LogP contribution in [-0.4, -0.2) is 17.4 Å². The molecular formula is C26H20N2OS. The smallest absolute Gasteiger partial charge is 0.260 e. The summed E-state index contributed by atoms with van der Waals surface area (Å²) in [5, 5.41) is 2.94. The normalized spacial score (nSPS) is 11.1. The first-order valence-electron chi connectivity index (χ1n) is 9.98. The van der Waals surface area contributed by atoms with Crippen molar-refractivity contribution in [1.82, 2.24) is 4.98 Å². The lowest BCUT2D eigenvalue weighted by Crippen LogP contribution is -2.32. The lowest BCUT2D eigenvalue weighted by Gasteiger charge is -2.20. The molecule has 0 radical (unpaired) electrons. The zero-order valence-corrected chi connectivity index (χ0v) is 17.2. The van der Waals surface area contributed by atoms with Crippen LogP contribution in [0.1, 0.15) is 15.9 Å².